The predicted molar refractivity (Wildman–Crippen MR) is 91.7 cm³/mol. The van der Waals surface area contributed by atoms with Gasteiger partial charge in [-0.25, -0.2) is 0 Å². The topological polar surface area (TPSA) is 60.9 Å². The summed E-state index contributed by atoms with van der Waals surface area (Å²) in [4.78, 5) is 42.7. The van der Waals surface area contributed by atoms with E-state index in [-0.39, 0.29) is 29.7 Å². The van der Waals surface area contributed by atoms with Crippen LogP contribution >= 0.6 is 0 Å². The van der Waals surface area contributed by atoms with Crippen LogP contribution in [-0.4, -0.2) is 65.1 Å². The third kappa shape index (κ3) is 2.79. The van der Waals surface area contributed by atoms with E-state index >= 15 is 0 Å². The Labute approximate surface area is 147 Å². The molecule has 132 valence electrons. The van der Waals surface area contributed by atoms with Crippen LogP contribution in [0.15, 0.2) is 24.3 Å². The summed E-state index contributed by atoms with van der Waals surface area (Å²) in [5.41, 5.74) is 1.77. The zero-order chi connectivity index (χ0) is 17.6. The van der Waals surface area contributed by atoms with Crippen LogP contribution in [0.1, 0.15) is 35.2 Å². The van der Waals surface area contributed by atoms with Gasteiger partial charge in [0.1, 0.15) is 0 Å². The number of nitrogens with zero attached hydrogens (tertiary/aromatic N) is 3. The van der Waals surface area contributed by atoms with Gasteiger partial charge < -0.3 is 14.7 Å². The molecule has 4 aliphatic heterocycles. The summed E-state index contributed by atoms with van der Waals surface area (Å²) < 4.78 is 0. The summed E-state index contributed by atoms with van der Waals surface area (Å²) in [5.74, 6) is 0.153. The fourth-order valence-electron chi connectivity index (χ4n) is 4.24. The lowest BCUT2D eigenvalue weighted by molar-refractivity contribution is -0.138. The number of benzene rings is 1. The van der Waals surface area contributed by atoms with Crippen molar-refractivity contribution >= 4 is 17.7 Å². The van der Waals surface area contributed by atoms with E-state index in [1.165, 1.54) is 0 Å². The molecular weight excluding hydrogens is 318 g/mol. The van der Waals surface area contributed by atoms with E-state index in [0.29, 0.717) is 32.6 Å². The van der Waals surface area contributed by atoms with E-state index in [0.717, 1.165) is 24.0 Å². The Morgan fingerprint density at radius 1 is 1.16 bits per heavy atom. The van der Waals surface area contributed by atoms with Crippen molar-refractivity contribution in [2.75, 3.05) is 26.7 Å². The van der Waals surface area contributed by atoms with E-state index in [1.807, 2.05) is 41.1 Å². The molecule has 3 fully saturated rings. The minimum Gasteiger partial charge on any atom is -0.341 e. The number of rotatable bonds is 3. The molecule has 5 rings (SSSR count). The number of hydrogen-bond donors (Lipinski definition) is 0. The zero-order valence-corrected chi connectivity index (χ0v) is 14.5. The Balaban J connectivity index is 1.37. The van der Waals surface area contributed by atoms with E-state index in [4.69, 9.17) is 0 Å². The maximum atomic E-state index is 12.7. The highest BCUT2D eigenvalue weighted by Gasteiger charge is 2.40. The second kappa shape index (κ2) is 6.17. The van der Waals surface area contributed by atoms with Crippen LogP contribution < -0.4 is 0 Å². The van der Waals surface area contributed by atoms with Crippen molar-refractivity contribution in [3.05, 3.63) is 35.4 Å². The highest BCUT2D eigenvalue weighted by atomic mass is 16.2. The largest absolute Gasteiger partial charge is 0.341 e. The molecule has 4 aliphatic rings. The second-order valence-electron chi connectivity index (χ2n) is 7.31. The highest BCUT2D eigenvalue weighted by molar-refractivity contribution is 5.98. The van der Waals surface area contributed by atoms with Crippen molar-refractivity contribution in [2.45, 2.75) is 31.8 Å². The molecule has 3 amide bonds. The van der Waals surface area contributed by atoms with Crippen LogP contribution in [0.2, 0.25) is 0 Å². The molecule has 0 unspecified atom stereocenters. The fourth-order valence-corrected chi connectivity index (χ4v) is 4.24. The molecule has 25 heavy (non-hydrogen) atoms. The number of piperidine rings is 1. The van der Waals surface area contributed by atoms with E-state index in [1.54, 1.807) is 4.90 Å². The molecule has 2 atom stereocenters. The molecule has 1 aromatic rings. The first-order chi connectivity index (χ1) is 12.0. The number of fused-ring (bicyclic) bond motifs is 5. The van der Waals surface area contributed by atoms with Gasteiger partial charge in [-0.05, 0) is 24.5 Å². The smallest absolute Gasteiger partial charge is 0.254 e. The van der Waals surface area contributed by atoms with Crippen LogP contribution in [0.3, 0.4) is 0 Å². The number of amides is 3. The van der Waals surface area contributed by atoms with Gasteiger partial charge in [-0.1, -0.05) is 18.2 Å². The predicted octanol–water partition coefficient (Wildman–Crippen LogP) is 1.11. The molecule has 3 saturated heterocycles. The Morgan fingerprint density at radius 3 is 2.76 bits per heavy atom. The summed E-state index contributed by atoms with van der Waals surface area (Å²) >= 11 is 0. The Morgan fingerprint density at radius 2 is 1.96 bits per heavy atom. The van der Waals surface area contributed by atoms with Gasteiger partial charge in [-0.3, -0.25) is 14.4 Å². The van der Waals surface area contributed by atoms with Gasteiger partial charge in [-0.15, -0.1) is 0 Å². The Bertz CT molecular complexity index is 732. The molecule has 4 heterocycles. The monoisotopic (exact) mass is 341 g/mol. The average molecular weight is 341 g/mol. The van der Waals surface area contributed by atoms with Gasteiger partial charge >= 0.3 is 0 Å². The highest BCUT2D eigenvalue weighted by Crippen LogP contribution is 2.28. The summed E-state index contributed by atoms with van der Waals surface area (Å²) in [7, 11) is 1.84. The minimum atomic E-state index is -0.0645. The molecule has 0 N–H and O–H groups in total. The number of carbonyl (C=O) groups excluding carboxylic acids is 3. The van der Waals surface area contributed by atoms with Crippen molar-refractivity contribution in [2.24, 2.45) is 5.92 Å². The third-order valence-electron chi connectivity index (χ3n) is 5.81. The van der Waals surface area contributed by atoms with E-state index < -0.39 is 0 Å². The van der Waals surface area contributed by atoms with Gasteiger partial charge in [-0.2, -0.15) is 0 Å². The van der Waals surface area contributed by atoms with Crippen molar-refractivity contribution in [1.29, 1.82) is 0 Å². The lowest BCUT2D eigenvalue weighted by atomic mass is 9.95. The van der Waals surface area contributed by atoms with Crippen LogP contribution in [0.25, 0.3) is 0 Å². The first-order valence-electron chi connectivity index (χ1n) is 8.96. The molecule has 0 saturated carbocycles. The standard InChI is InChI=1S/C19H23N3O3/c1-20-15-7-6-14(18(20)24)11-22(12-15)17(23)8-9-21-10-13-4-2-3-5-16(13)19(21)25/h2-5,14-15H,6-12H2,1H3/t14-,15+/m0/s1. The molecule has 6 heteroatoms. The molecular formula is C19H23N3O3. The summed E-state index contributed by atoms with van der Waals surface area (Å²) in [6, 6.07) is 7.73. The van der Waals surface area contributed by atoms with Gasteiger partial charge in [0.05, 0.1) is 5.92 Å². The minimum absolute atomic E-state index is 0.00856. The van der Waals surface area contributed by atoms with E-state index in [9.17, 15) is 14.4 Å². The van der Waals surface area contributed by atoms with Gasteiger partial charge in [0.2, 0.25) is 11.8 Å². The summed E-state index contributed by atoms with van der Waals surface area (Å²) in [6.07, 6.45) is 2.16. The van der Waals surface area contributed by atoms with Crippen molar-refractivity contribution < 1.29 is 14.4 Å². The summed E-state index contributed by atoms with van der Waals surface area (Å²) in [5, 5.41) is 0. The fraction of sp³-hybridized carbons (Fsp3) is 0.526. The van der Waals surface area contributed by atoms with Crippen LogP contribution in [0.5, 0.6) is 0 Å². The Kier molecular flexibility index (Phi) is 3.98. The first-order valence-corrected chi connectivity index (χ1v) is 8.96. The number of carbonyl (C=O) groups is 3. The molecule has 0 radical (unpaired) electrons. The first kappa shape index (κ1) is 16.1. The van der Waals surface area contributed by atoms with Crippen molar-refractivity contribution in [3.8, 4) is 0 Å². The van der Waals surface area contributed by atoms with E-state index in [2.05, 4.69) is 0 Å². The second-order valence-corrected chi connectivity index (χ2v) is 7.31. The maximum absolute atomic E-state index is 12.7. The van der Waals surface area contributed by atoms with Crippen LogP contribution in [0.4, 0.5) is 0 Å². The van der Waals surface area contributed by atoms with Crippen molar-refractivity contribution in [3.63, 3.8) is 0 Å². The SMILES string of the molecule is CN1C(=O)[C@H]2CC[C@@H]1CN(C(=O)CCN1Cc3ccccc3C1=O)C2. The molecule has 6 nitrogen and oxygen atoms in total. The molecule has 0 spiro atoms. The molecule has 0 aliphatic carbocycles. The van der Waals surface area contributed by atoms with Crippen LogP contribution in [-0.2, 0) is 16.1 Å². The number of likely N-dealkylation sites (N-methyl/N-ethyl adjacent to an activating group) is 1. The van der Waals surface area contributed by atoms with Gasteiger partial charge in [0.25, 0.3) is 5.91 Å². The lowest BCUT2D eigenvalue weighted by Gasteiger charge is -2.32. The number of hydrogen-bond acceptors (Lipinski definition) is 3. The zero-order valence-electron chi connectivity index (χ0n) is 14.5. The maximum Gasteiger partial charge on any atom is 0.254 e. The molecule has 1 aromatic carbocycles. The quantitative estimate of drug-likeness (QED) is 0.827. The molecule has 2 bridgehead atoms. The van der Waals surface area contributed by atoms with Gasteiger partial charge in [0, 0.05) is 51.3 Å². The summed E-state index contributed by atoms with van der Waals surface area (Å²) in [6.45, 7) is 2.15. The van der Waals surface area contributed by atoms with Crippen molar-refractivity contribution in [1.82, 2.24) is 14.7 Å². The third-order valence-corrected chi connectivity index (χ3v) is 5.81. The van der Waals surface area contributed by atoms with Crippen LogP contribution in [0, 0.1) is 5.92 Å². The normalized spacial score (nSPS) is 25.4. The average Bonchev–Trinajstić information content (AvgIpc) is 2.76. The van der Waals surface area contributed by atoms with Gasteiger partial charge in [0.15, 0.2) is 0 Å². The Hall–Kier alpha value is -2.37. The lowest BCUT2D eigenvalue weighted by Crippen LogP contribution is -2.45. The molecule has 0 aromatic heterocycles.